The van der Waals surface area contributed by atoms with Crippen molar-refractivity contribution in [3.63, 3.8) is 0 Å². The number of nitriles is 1. The van der Waals surface area contributed by atoms with E-state index in [1.807, 2.05) is 0 Å². The van der Waals surface area contributed by atoms with Crippen LogP contribution in [0.1, 0.15) is 38.2 Å². The summed E-state index contributed by atoms with van der Waals surface area (Å²) < 4.78 is 25.5. The van der Waals surface area contributed by atoms with Crippen LogP contribution in [0.25, 0.3) is 0 Å². The molecule has 1 saturated carbocycles. The first-order valence-electron chi connectivity index (χ1n) is 7.32. The first kappa shape index (κ1) is 16.3. The Kier molecular flexibility index (Phi) is 5.29. The standard InChI is InChI=1S/C16H20ClNO2S/c1-2-12-7-8-13(10-18)16(9-12)21(19,20)11-14-5-3-4-6-15(14)17/h3-6,12-13,16H,2,7-9,11H2,1H3. The van der Waals surface area contributed by atoms with Gasteiger partial charge in [0.1, 0.15) is 0 Å². The first-order chi connectivity index (χ1) is 9.97. The van der Waals surface area contributed by atoms with Gasteiger partial charge in [-0.15, -0.1) is 0 Å². The van der Waals surface area contributed by atoms with Gasteiger partial charge in [0, 0.05) is 5.02 Å². The van der Waals surface area contributed by atoms with Crippen LogP contribution in [-0.2, 0) is 15.6 Å². The fourth-order valence-electron chi connectivity index (χ4n) is 3.07. The van der Waals surface area contributed by atoms with Crippen LogP contribution in [0.2, 0.25) is 5.02 Å². The SMILES string of the molecule is CCC1CCC(C#N)C(S(=O)(=O)Cc2ccccc2Cl)C1. The molecule has 0 amide bonds. The summed E-state index contributed by atoms with van der Waals surface area (Å²) in [6.07, 6.45) is 3.20. The molecule has 3 atom stereocenters. The highest BCUT2D eigenvalue weighted by molar-refractivity contribution is 7.91. The molecule has 0 saturated heterocycles. The fourth-order valence-corrected chi connectivity index (χ4v) is 5.51. The van der Waals surface area contributed by atoms with E-state index in [9.17, 15) is 13.7 Å². The van der Waals surface area contributed by atoms with Crippen LogP contribution < -0.4 is 0 Å². The molecular formula is C16H20ClNO2S. The highest BCUT2D eigenvalue weighted by Gasteiger charge is 2.38. The molecule has 0 radical (unpaired) electrons. The minimum atomic E-state index is -3.37. The number of sulfone groups is 1. The van der Waals surface area contributed by atoms with Crippen molar-refractivity contribution in [3.05, 3.63) is 34.9 Å². The molecule has 0 aromatic heterocycles. The molecule has 2 rings (SSSR count). The second-order valence-electron chi connectivity index (χ2n) is 5.76. The van der Waals surface area contributed by atoms with Gasteiger partial charge >= 0.3 is 0 Å². The van der Waals surface area contributed by atoms with Gasteiger partial charge in [-0.1, -0.05) is 43.1 Å². The summed E-state index contributed by atoms with van der Waals surface area (Å²) >= 11 is 6.07. The average molecular weight is 326 g/mol. The largest absolute Gasteiger partial charge is 0.228 e. The summed E-state index contributed by atoms with van der Waals surface area (Å²) in [6.45, 7) is 2.08. The Morgan fingerprint density at radius 1 is 1.33 bits per heavy atom. The van der Waals surface area contributed by atoms with Gasteiger partial charge in [-0.25, -0.2) is 8.42 Å². The lowest BCUT2D eigenvalue weighted by Gasteiger charge is -2.32. The Labute approximate surface area is 131 Å². The molecule has 21 heavy (non-hydrogen) atoms. The Morgan fingerprint density at radius 3 is 2.67 bits per heavy atom. The number of hydrogen-bond acceptors (Lipinski definition) is 3. The first-order valence-corrected chi connectivity index (χ1v) is 9.41. The number of halogens is 1. The summed E-state index contributed by atoms with van der Waals surface area (Å²) in [5.74, 6) is -0.0627. The zero-order valence-electron chi connectivity index (χ0n) is 12.1. The van der Waals surface area contributed by atoms with Crippen LogP contribution >= 0.6 is 11.6 Å². The van der Waals surface area contributed by atoms with E-state index in [0.717, 1.165) is 12.8 Å². The van der Waals surface area contributed by atoms with Crippen molar-refractivity contribution in [1.29, 1.82) is 5.26 Å². The Balaban J connectivity index is 2.24. The van der Waals surface area contributed by atoms with Crippen LogP contribution in [0.5, 0.6) is 0 Å². The minimum Gasteiger partial charge on any atom is -0.228 e. The summed E-state index contributed by atoms with van der Waals surface area (Å²) in [5, 5.41) is 9.18. The third kappa shape index (κ3) is 3.78. The van der Waals surface area contributed by atoms with Crippen molar-refractivity contribution in [2.24, 2.45) is 11.8 Å². The van der Waals surface area contributed by atoms with Crippen molar-refractivity contribution in [2.75, 3.05) is 0 Å². The van der Waals surface area contributed by atoms with E-state index in [2.05, 4.69) is 13.0 Å². The van der Waals surface area contributed by atoms with E-state index in [0.29, 0.717) is 29.3 Å². The molecule has 1 aliphatic carbocycles. The molecule has 5 heteroatoms. The van der Waals surface area contributed by atoms with E-state index >= 15 is 0 Å². The molecule has 114 valence electrons. The zero-order chi connectivity index (χ0) is 15.5. The van der Waals surface area contributed by atoms with Crippen LogP contribution in [0, 0.1) is 23.2 Å². The van der Waals surface area contributed by atoms with Crippen LogP contribution in [-0.4, -0.2) is 13.7 Å². The van der Waals surface area contributed by atoms with Gasteiger partial charge < -0.3 is 0 Å². The highest BCUT2D eigenvalue weighted by atomic mass is 35.5. The van der Waals surface area contributed by atoms with Gasteiger partial charge in [0.2, 0.25) is 0 Å². The van der Waals surface area contributed by atoms with Crippen molar-refractivity contribution in [1.82, 2.24) is 0 Å². The van der Waals surface area contributed by atoms with E-state index in [-0.39, 0.29) is 11.7 Å². The molecule has 1 aromatic carbocycles. The van der Waals surface area contributed by atoms with E-state index < -0.39 is 15.1 Å². The van der Waals surface area contributed by atoms with Gasteiger partial charge in [-0.2, -0.15) is 5.26 Å². The maximum atomic E-state index is 12.7. The summed E-state index contributed by atoms with van der Waals surface area (Å²) in [5.41, 5.74) is 0.620. The molecule has 1 aliphatic rings. The summed E-state index contributed by atoms with van der Waals surface area (Å²) in [4.78, 5) is 0. The minimum absolute atomic E-state index is 0.0774. The summed E-state index contributed by atoms with van der Waals surface area (Å²) in [7, 11) is -3.37. The van der Waals surface area contributed by atoms with Crippen LogP contribution in [0.3, 0.4) is 0 Å². The predicted octanol–water partition coefficient (Wildman–Crippen LogP) is 3.97. The highest BCUT2D eigenvalue weighted by Crippen LogP contribution is 2.36. The van der Waals surface area contributed by atoms with Gasteiger partial charge in [0.15, 0.2) is 9.84 Å². The molecule has 3 unspecified atom stereocenters. The van der Waals surface area contributed by atoms with Gasteiger partial charge in [-0.05, 0) is 36.8 Å². The van der Waals surface area contributed by atoms with Crippen LogP contribution in [0.4, 0.5) is 0 Å². The van der Waals surface area contributed by atoms with Crippen molar-refractivity contribution in [3.8, 4) is 6.07 Å². The molecule has 3 nitrogen and oxygen atoms in total. The third-order valence-electron chi connectivity index (χ3n) is 4.42. The molecule has 0 aliphatic heterocycles. The Morgan fingerprint density at radius 2 is 2.05 bits per heavy atom. The number of rotatable bonds is 4. The van der Waals surface area contributed by atoms with E-state index in [1.165, 1.54) is 0 Å². The normalized spacial score (nSPS) is 26.2. The molecule has 0 spiro atoms. The average Bonchev–Trinajstić information content (AvgIpc) is 2.48. The Bertz CT molecular complexity index is 636. The molecule has 0 N–H and O–H groups in total. The number of hydrogen-bond donors (Lipinski definition) is 0. The Hall–Kier alpha value is -1.05. The summed E-state index contributed by atoms with van der Waals surface area (Å²) in [6, 6.07) is 9.20. The second-order valence-corrected chi connectivity index (χ2v) is 8.39. The maximum absolute atomic E-state index is 12.7. The monoisotopic (exact) mass is 325 g/mol. The molecule has 0 bridgehead atoms. The predicted molar refractivity (Wildman–Crippen MR) is 84.6 cm³/mol. The molecule has 0 heterocycles. The van der Waals surface area contributed by atoms with Crippen LogP contribution in [0.15, 0.2) is 24.3 Å². The lowest BCUT2D eigenvalue weighted by atomic mass is 9.81. The lowest BCUT2D eigenvalue weighted by Crippen LogP contribution is -2.36. The van der Waals surface area contributed by atoms with Gasteiger partial charge in [-0.3, -0.25) is 0 Å². The fraction of sp³-hybridized carbons (Fsp3) is 0.562. The van der Waals surface area contributed by atoms with E-state index in [1.54, 1.807) is 24.3 Å². The number of nitrogens with zero attached hydrogens (tertiary/aromatic N) is 1. The van der Waals surface area contributed by atoms with Gasteiger partial charge in [0.05, 0.1) is 23.0 Å². The van der Waals surface area contributed by atoms with Crippen molar-refractivity contribution >= 4 is 21.4 Å². The third-order valence-corrected chi connectivity index (χ3v) is 6.94. The van der Waals surface area contributed by atoms with E-state index in [4.69, 9.17) is 11.6 Å². The van der Waals surface area contributed by atoms with Crippen molar-refractivity contribution in [2.45, 2.75) is 43.6 Å². The number of benzene rings is 1. The molecular weight excluding hydrogens is 306 g/mol. The second kappa shape index (κ2) is 6.81. The smallest absolute Gasteiger partial charge is 0.158 e. The maximum Gasteiger partial charge on any atom is 0.158 e. The quantitative estimate of drug-likeness (QED) is 0.841. The van der Waals surface area contributed by atoms with Gasteiger partial charge in [0.25, 0.3) is 0 Å². The topological polar surface area (TPSA) is 57.9 Å². The van der Waals surface area contributed by atoms with Crippen molar-refractivity contribution < 1.29 is 8.42 Å². The molecule has 1 fully saturated rings. The lowest BCUT2D eigenvalue weighted by molar-refractivity contribution is 0.308. The zero-order valence-corrected chi connectivity index (χ0v) is 13.7. The molecule has 1 aromatic rings.